The molecule has 2 N–H and O–H groups in total. The molecule has 1 aliphatic heterocycles. The molecule has 0 radical (unpaired) electrons. The number of anilines is 1. The number of urea groups is 1. The minimum atomic E-state index is -4.32. The van der Waals surface area contributed by atoms with Gasteiger partial charge in [0.25, 0.3) is 0 Å². The molecule has 2 amide bonds. The first-order valence-electron chi connectivity index (χ1n) is 11.9. The molecule has 2 atom stereocenters. The summed E-state index contributed by atoms with van der Waals surface area (Å²) in [7, 11) is 1.57. The fourth-order valence-corrected chi connectivity index (χ4v) is 4.50. The van der Waals surface area contributed by atoms with Crippen molar-refractivity contribution in [2.45, 2.75) is 25.1 Å². The van der Waals surface area contributed by atoms with Crippen molar-refractivity contribution < 1.29 is 27.4 Å². The molecule has 11 heteroatoms. The maximum absolute atomic E-state index is 13.2. The molecule has 2 unspecified atom stereocenters. The molecule has 0 aliphatic carbocycles. The van der Waals surface area contributed by atoms with Gasteiger partial charge in [-0.25, -0.2) is 9.48 Å². The Morgan fingerprint density at radius 3 is 2.38 bits per heavy atom. The minimum Gasteiger partial charge on any atom is -0.474 e. The van der Waals surface area contributed by atoms with Crippen LogP contribution in [0.25, 0.3) is 5.69 Å². The second-order valence-corrected chi connectivity index (χ2v) is 8.90. The van der Waals surface area contributed by atoms with E-state index in [2.05, 4.69) is 15.7 Å². The number of nitrogens with zero attached hydrogens (tertiary/aromatic N) is 3. The molecule has 1 aromatic heterocycles. The van der Waals surface area contributed by atoms with Gasteiger partial charge in [-0.05, 0) is 24.6 Å². The van der Waals surface area contributed by atoms with E-state index in [0.717, 1.165) is 5.56 Å². The number of benzene rings is 2. The zero-order chi connectivity index (χ0) is 26.4. The highest BCUT2D eigenvalue weighted by atomic mass is 19.4. The Labute approximate surface area is 213 Å². The lowest BCUT2D eigenvalue weighted by Gasteiger charge is -2.21. The molecule has 37 heavy (non-hydrogen) atoms. The predicted octanol–water partition coefficient (Wildman–Crippen LogP) is 4.36. The molecule has 1 aliphatic rings. The standard InChI is InChI=1S/C26H30F3N5O3/c1-18-23(34(20-11-7-4-8-12-20)32-24(18)37-14-13-36-2)31-25(35)30-22-16-33(17-26(27,28)29)15-21(22)19-9-5-3-6-10-19/h3-12,21-22H,13-17H2,1-2H3,(H2,30,31,35). The van der Waals surface area contributed by atoms with Crippen LogP contribution in [0.5, 0.6) is 5.88 Å². The van der Waals surface area contributed by atoms with E-state index in [1.54, 1.807) is 18.7 Å². The van der Waals surface area contributed by atoms with Crippen molar-refractivity contribution in [2.75, 3.05) is 45.3 Å². The largest absolute Gasteiger partial charge is 0.474 e. The fraction of sp³-hybridized carbons (Fsp3) is 0.385. The highest BCUT2D eigenvalue weighted by Gasteiger charge is 2.40. The number of methoxy groups -OCH3 is 1. The van der Waals surface area contributed by atoms with Gasteiger partial charge in [-0.15, -0.1) is 5.10 Å². The number of ether oxygens (including phenoxy) is 2. The van der Waals surface area contributed by atoms with Crippen molar-refractivity contribution in [2.24, 2.45) is 0 Å². The van der Waals surface area contributed by atoms with E-state index >= 15 is 0 Å². The summed E-state index contributed by atoms with van der Waals surface area (Å²) in [6.45, 7) is 1.67. The first-order chi connectivity index (χ1) is 17.7. The van der Waals surface area contributed by atoms with Crippen LogP contribution in [0.2, 0.25) is 0 Å². The number of halogens is 3. The third-order valence-electron chi connectivity index (χ3n) is 6.18. The lowest BCUT2D eigenvalue weighted by atomic mass is 9.94. The molecule has 0 saturated carbocycles. The van der Waals surface area contributed by atoms with Crippen LogP contribution in [0.4, 0.5) is 23.8 Å². The number of nitrogens with one attached hydrogen (secondary N) is 2. The molecular formula is C26H30F3N5O3. The number of rotatable bonds is 9. The summed E-state index contributed by atoms with van der Waals surface area (Å²) in [5, 5.41) is 10.3. The maximum atomic E-state index is 13.2. The van der Waals surface area contributed by atoms with Crippen molar-refractivity contribution in [1.82, 2.24) is 20.0 Å². The van der Waals surface area contributed by atoms with Crippen LogP contribution in [-0.2, 0) is 4.74 Å². The van der Waals surface area contributed by atoms with E-state index in [1.807, 2.05) is 60.7 Å². The monoisotopic (exact) mass is 517 g/mol. The topological polar surface area (TPSA) is 80.6 Å². The number of carbonyl (C=O) groups is 1. The zero-order valence-corrected chi connectivity index (χ0v) is 20.7. The normalized spacial score (nSPS) is 18.1. The van der Waals surface area contributed by atoms with E-state index in [4.69, 9.17) is 9.47 Å². The lowest BCUT2D eigenvalue weighted by molar-refractivity contribution is -0.143. The Balaban J connectivity index is 1.55. The molecule has 8 nitrogen and oxygen atoms in total. The van der Waals surface area contributed by atoms with Crippen LogP contribution < -0.4 is 15.4 Å². The van der Waals surface area contributed by atoms with E-state index < -0.39 is 24.8 Å². The smallest absolute Gasteiger partial charge is 0.401 e. The molecule has 1 fully saturated rings. The van der Waals surface area contributed by atoms with E-state index in [-0.39, 0.29) is 25.6 Å². The van der Waals surface area contributed by atoms with Gasteiger partial charge in [0.15, 0.2) is 0 Å². The van der Waals surface area contributed by atoms with Gasteiger partial charge in [-0.3, -0.25) is 10.2 Å². The van der Waals surface area contributed by atoms with Crippen LogP contribution in [0.3, 0.4) is 0 Å². The van der Waals surface area contributed by atoms with Gasteiger partial charge in [0.2, 0.25) is 5.88 Å². The Kier molecular flexibility index (Phi) is 8.34. The molecule has 2 aromatic carbocycles. The molecule has 2 heterocycles. The predicted molar refractivity (Wildman–Crippen MR) is 133 cm³/mol. The van der Waals surface area contributed by atoms with E-state index in [0.29, 0.717) is 29.6 Å². The average molecular weight is 518 g/mol. The summed E-state index contributed by atoms with van der Waals surface area (Å²) in [5.74, 6) is 0.454. The summed E-state index contributed by atoms with van der Waals surface area (Å²) in [6, 6.07) is 17.4. The van der Waals surface area contributed by atoms with Crippen molar-refractivity contribution in [3.63, 3.8) is 0 Å². The van der Waals surface area contributed by atoms with Crippen molar-refractivity contribution in [1.29, 1.82) is 0 Å². The van der Waals surface area contributed by atoms with Gasteiger partial charge in [0.1, 0.15) is 12.4 Å². The summed E-state index contributed by atoms with van der Waals surface area (Å²) in [5.41, 5.74) is 2.19. The maximum Gasteiger partial charge on any atom is 0.401 e. The van der Waals surface area contributed by atoms with Crippen LogP contribution >= 0.6 is 0 Å². The fourth-order valence-electron chi connectivity index (χ4n) is 4.50. The van der Waals surface area contributed by atoms with Crippen LogP contribution in [-0.4, -0.2) is 72.9 Å². The summed E-state index contributed by atoms with van der Waals surface area (Å²) in [4.78, 5) is 14.5. The van der Waals surface area contributed by atoms with Crippen LogP contribution in [0.1, 0.15) is 17.0 Å². The molecular weight excluding hydrogens is 487 g/mol. The second kappa shape index (κ2) is 11.7. The van der Waals surface area contributed by atoms with Gasteiger partial charge >= 0.3 is 12.2 Å². The Morgan fingerprint density at radius 1 is 1.05 bits per heavy atom. The number of hydrogen-bond acceptors (Lipinski definition) is 5. The Bertz CT molecular complexity index is 1170. The molecule has 0 bridgehead atoms. The van der Waals surface area contributed by atoms with Gasteiger partial charge < -0.3 is 14.8 Å². The van der Waals surface area contributed by atoms with Gasteiger partial charge in [0.05, 0.1) is 30.4 Å². The van der Waals surface area contributed by atoms with Crippen LogP contribution in [0, 0.1) is 6.92 Å². The van der Waals surface area contributed by atoms with Crippen LogP contribution in [0.15, 0.2) is 60.7 Å². The average Bonchev–Trinajstić information content (AvgIpc) is 3.39. The molecule has 0 spiro atoms. The van der Waals surface area contributed by atoms with Gasteiger partial charge in [0, 0.05) is 26.1 Å². The van der Waals surface area contributed by atoms with Gasteiger partial charge in [-0.1, -0.05) is 48.5 Å². The number of carbonyl (C=O) groups excluding carboxylic acids is 1. The lowest BCUT2D eigenvalue weighted by Crippen LogP contribution is -2.43. The van der Waals surface area contributed by atoms with Gasteiger partial charge in [-0.2, -0.15) is 13.2 Å². The number of likely N-dealkylation sites (tertiary alicyclic amines) is 1. The molecule has 198 valence electrons. The third-order valence-corrected chi connectivity index (χ3v) is 6.18. The Hall–Kier alpha value is -3.57. The number of hydrogen-bond donors (Lipinski definition) is 2. The minimum absolute atomic E-state index is 0.0782. The number of alkyl halides is 3. The summed E-state index contributed by atoms with van der Waals surface area (Å²) < 4.78 is 51.7. The summed E-state index contributed by atoms with van der Waals surface area (Å²) >= 11 is 0. The van der Waals surface area contributed by atoms with Crippen molar-refractivity contribution in [3.8, 4) is 11.6 Å². The molecule has 3 aromatic rings. The highest BCUT2D eigenvalue weighted by molar-refractivity contribution is 5.90. The Morgan fingerprint density at radius 2 is 1.73 bits per heavy atom. The highest BCUT2D eigenvalue weighted by Crippen LogP contribution is 2.31. The second-order valence-electron chi connectivity index (χ2n) is 8.90. The quantitative estimate of drug-likeness (QED) is 0.413. The van der Waals surface area contributed by atoms with Crippen molar-refractivity contribution in [3.05, 3.63) is 71.8 Å². The molecule has 4 rings (SSSR count). The summed E-state index contributed by atoms with van der Waals surface area (Å²) in [6.07, 6.45) is -4.32. The number of amides is 2. The zero-order valence-electron chi connectivity index (χ0n) is 20.7. The van der Waals surface area contributed by atoms with Crippen molar-refractivity contribution >= 4 is 11.8 Å². The number of para-hydroxylation sites is 1. The number of aromatic nitrogens is 2. The SMILES string of the molecule is COCCOc1nn(-c2ccccc2)c(NC(=O)NC2CN(CC(F)(F)F)CC2c2ccccc2)c1C. The van der Waals surface area contributed by atoms with E-state index in [9.17, 15) is 18.0 Å². The third kappa shape index (κ3) is 6.80. The molecule has 1 saturated heterocycles. The first-order valence-corrected chi connectivity index (χ1v) is 11.9. The van der Waals surface area contributed by atoms with E-state index in [1.165, 1.54) is 4.90 Å². The first kappa shape index (κ1) is 26.5.